The van der Waals surface area contributed by atoms with Gasteiger partial charge < -0.3 is 14.7 Å². The average molecular weight is 390 g/mol. The molecule has 1 aliphatic carbocycles. The van der Waals surface area contributed by atoms with Crippen molar-refractivity contribution in [1.82, 2.24) is 4.98 Å². The number of nitro benzene ring substituents is 1. The Morgan fingerprint density at radius 3 is 2.76 bits per heavy atom. The molecule has 1 aliphatic rings. The van der Waals surface area contributed by atoms with E-state index in [1.807, 2.05) is 6.07 Å². The molecule has 29 heavy (non-hydrogen) atoms. The summed E-state index contributed by atoms with van der Waals surface area (Å²) in [6.07, 6.45) is 2.05. The van der Waals surface area contributed by atoms with Crippen molar-refractivity contribution < 1.29 is 14.8 Å². The van der Waals surface area contributed by atoms with E-state index in [4.69, 9.17) is 4.74 Å². The van der Waals surface area contributed by atoms with Gasteiger partial charge in [0.05, 0.1) is 29.2 Å². The van der Waals surface area contributed by atoms with Crippen LogP contribution in [0.2, 0.25) is 0 Å². The lowest BCUT2D eigenvalue weighted by Crippen LogP contribution is -2.26. The fourth-order valence-electron chi connectivity index (χ4n) is 3.35. The molecule has 4 rings (SSSR count). The molecule has 1 aromatic heterocycles. The van der Waals surface area contributed by atoms with Crippen molar-refractivity contribution in [2.45, 2.75) is 25.4 Å². The molecule has 0 atom stereocenters. The number of hydrogen-bond donors (Lipinski definition) is 1. The molecule has 1 heterocycles. The van der Waals surface area contributed by atoms with E-state index in [2.05, 4.69) is 16.0 Å². The number of phenolic OH excluding ortho intramolecular Hbond substituents is 1. The number of fused-ring (bicyclic) bond motifs is 1. The summed E-state index contributed by atoms with van der Waals surface area (Å²) in [4.78, 5) is 17.4. The van der Waals surface area contributed by atoms with Crippen LogP contribution in [0.4, 0.5) is 11.5 Å². The lowest BCUT2D eigenvalue weighted by Gasteiger charge is -2.24. The van der Waals surface area contributed by atoms with E-state index in [0.717, 1.165) is 18.4 Å². The number of nitro groups is 1. The molecular weight excluding hydrogens is 372 g/mol. The zero-order valence-electron chi connectivity index (χ0n) is 15.7. The first-order valence-electron chi connectivity index (χ1n) is 9.12. The van der Waals surface area contributed by atoms with Gasteiger partial charge in [0, 0.05) is 30.1 Å². The third kappa shape index (κ3) is 3.62. The minimum absolute atomic E-state index is 0.0706. The molecule has 1 saturated carbocycles. The maximum absolute atomic E-state index is 11.1. The minimum Gasteiger partial charge on any atom is -0.504 e. The number of methoxy groups -OCH3 is 1. The first kappa shape index (κ1) is 18.5. The molecular formula is C21H18N4O4. The smallest absolute Gasteiger partial charge is 0.270 e. The number of nitrogens with zero attached hydrogens (tertiary/aromatic N) is 4. The van der Waals surface area contributed by atoms with E-state index in [0.29, 0.717) is 40.6 Å². The number of non-ortho nitro benzene ring substituents is 1. The van der Waals surface area contributed by atoms with Gasteiger partial charge in [0.1, 0.15) is 5.82 Å². The first-order valence-corrected chi connectivity index (χ1v) is 9.12. The maximum Gasteiger partial charge on any atom is 0.270 e. The van der Waals surface area contributed by atoms with Crippen LogP contribution in [0.1, 0.15) is 24.0 Å². The molecule has 146 valence electrons. The van der Waals surface area contributed by atoms with Gasteiger partial charge in [-0.2, -0.15) is 5.26 Å². The van der Waals surface area contributed by atoms with Crippen molar-refractivity contribution in [3.05, 3.63) is 63.7 Å². The van der Waals surface area contributed by atoms with Crippen LogP contribution in [0.3, 0.4) is 0 Å². The molecule has 1 fully saturated rings. The molecule has 0 aliphatic heterocycles. The Bertz CT molecular complexity index is 1150. The molecule has 8 heteroatoms. The van der Waals surface area contributed by atoms with Crippen molar-refractivity contribution >= 4 is 22.4 Å². The highest BCUT2D eigenvalue weighted by atomic mass is 16.6. The lowest BCUT2D eigenvalue weighted by atomic mass is 10.1. The Balaban J connectivity index is 1.75. The fourth-order valence-corrected chi connectivity index (χ4v) is 3.35. The highest BCUT2D eigenvalue weighted by Gasteiger charge is 2.31. The zero-order valence-corrected chi connectivity index (χ0v) is 15.7. The Labute approximate surface area is 166 Å². The number of ether oxygens (including phenoxy) is 1. The van der Waals surface area contributed by atoms with Crippen LogP contribution in [-0.4, -0.2) is 28.2 Å². The number of anilines is 1. The third-order valence-electron chi connectivity index (χ3n) is 4.99. The number of pyridine rings is 1. The molecule has 0 spiro atoms. The number of aromatic hydroxyl groups is 1. The molecule has 0 amide bonds. The van der Waals surface area contributed by atoms with Crippen LogP contribution < -0.4 is 9.64 Å². The normalized spacial score (nSPS) is 13.1. The van der Waals surface area contributed by atoms with Gasteiger partial charge in [-0.15, -0.1) is 0 Å². The Kier molecular flexibility index (Phi) is 4.64. The molecule has 1 N–H and O–H groups in total. The Hall–Kier alpha value is -3.86. The van der Waals surface area contributed by atoms with Gasteiger partial charge in [-0.3, -0.25) is 10.1 Å². The summed E-state index contributed by atoms with van der Waals surface area (Å²) in [5.74, 6) is 1.12. The second kappa shape index (κ2) is 7.28. The summed E-state index contributed by atoms with van der Waals surface area (Å²) >= 11 is 0. The van der Waals surface area contributed by atoms with Gasteiger partial charge in [0.15, 0.2) is 11.5 Å². The number of nitriles is 1. The Morgan fingerprint density at radius 1 is 1.31 bits per heavy atom. The van der Waals surface area contributed by atoms with E-state index in [-0.39, 0.29) is 11.4 Å². The molecule has 0 bridgehead atoms. The summed E-state index contributed by atoms with van der Waals surface area (Å²) in [5, 5.41) is 31.0. The number of benzene rings is 2. The van der Waals surface area contributed by atoms with Crippen molar-refractivity contribution in [1.29, 1.82) is 5.26 Å². The van der Waals surface area contributed by atoms with Crippen molar-refractivity contribution in [2.24, 2.45) is 0 Å². The maximum atomic E-state index is 11.1. The van der Waals surface area contributed by atoms with Crippen molar-refractivity contribution in [3.8, 4) is 17.6 Å². The van der Waals surface area contributed by atoms with Gasteiger partial charge in [0.2, 0.25) is 0 Å². The second-order valence-corrected chi connectivity index (χ2v) is 6.96. The van der Waals surface area contributed by atoms with Gasteiger partial charge in [-0.25, -0.2) is 4.98 Å². The monoisotopic (exact) mass is 390 g/mol. The first-order chi connectivity index (χ1) is 14.0. The molecule has 2 aromatic carbocycles. The molecule has 0 radical (unpaired) electrons. The van der Waals surface area contributed by atoms with E-state index in [9.17, 15) is 20.5 Å². The largest absolute Gasteiger partial charge is 0.504 e. The highest BCUT2D eigenvalue weighted by molar-refractivity contribution is 5.88. The number of aromatic nitrogens is 1. The standard InChI is InChI=1S/C21H18N4O4/c1-29-20-8-13(2-7-19(20)26)12-24(15-3-4-15)21-9-14(11-22)17-10-16(25(27)28)5-6-18(17)23-21/h2,5-10,15,26H,3-4,12H2,1H3. The SMILES string of the molecule is COc1cc(CN(c2cc(C#N)c3cc([N+](=O)[O-])ccc3n2)C2CC2)ccc1O. The second-order valence-electron chi connectivity index (χ2n) is 6.96. The molecule has 0 saturated heterocycles. The van der Waals surface area contributed by atoms with Gasteiger partial charge >= 0.3 is 0 Å². The van der Waals surface area contributed by atoms with Crippen molar-refractivity contribution in [2.75, 3.05) is 12.0 Å². The van der Waals surface area contributed by atoms with Gasteiger partial charge in [0.25, 0.3) is 5.69 Å². The third-order valence-corrected chi connectivity index (χ3v) is 4.99. The highest BCUT2D eigenvalue weighted by Crippen LogP contribution is 2.35. The summed E-state index contributed by atoms with van der Waals surface area (Å²) < 4.78 is 5.19. The molecule has 8 nitrogen and oxygen atoms in total. The Morgan fingerprint density at radius 2 is 2.10 bits per heavy atom. The summed E-state index contributed by atoms with van der Waals surface area (Å²) in [5.41, 5.74) is 1.76. The summed E-state index contributed by atoms with van der Waals surface area (Å²) in [6, 6.07) is 13.7. The molecule has 3 aromatic rings. The van der Waals surface area contributed by atoms with Crippen LogP contribution in [0.25, 0.3) is 10.9 Å². The quantitative estimate of drug-likeness (QED) is 0.502. The van der Waals surface area contributed by atoms with Gasteiger partial charge in [-0.05, 0) is 42.7 Å². The fraction of sp³-hybridized carbons (Fsp3) is 0.238. The molecule has 0 unspecified atom stereocenters. The number of hydrogen-bond acceptors (Lipinski definition) is 7. The predicted molar refractivity (Wildman–Crippen MR) is 107 cm³/mol. The van der Waals surface area contributed by atoms with Crippen LogP contribution >= 0.6 is 0 Å². The topological polar surface area (TPSA) is 113 Å². The lowest BCUT2D eigenvalue weighted by molar-refractivity contribution is -0.384. The zero-order chi connectivity index (χ0) is 20.5. The summed E-state index contributed by atoms with van der Waals surface area (Å²) in [7, 11) is 1.50. The van der Waals surface area contributed by atoms with E-state index in [1.165, 1.54) is 19.2 Å². The van der Waals surface area contributed by atoms with Crippen LogP contribution in [0.5, 0.6) is 11.5 Å². The average Bonchev–Trinajstić information content (AvgIpc) is 3.56. The summed E-state index contributed by atoms with van der Waals surface area (Å²) in [6.45, 7) is 0.539. The van der Waals surface area contributed by atoms with Crippen LogP contribution in [-0.2, 0) is 6.54 Å². The predicted octanol–water partition coefficient (Wildman–Crippen LogP) is 3.90. The minimum atomic E-state index is -0.483. The van der Waals surface area contributed by atoms with E-state index in [1.54, 1.807) is 24.3 Å². The number of phenols is 1. The van der Waals surface area contributed by atoms with Crippen LogP contribution in [0.15, 0.2) is 42.5 Å². The van der Waals surface area contributed by atoms with Crippen molar-refractivity contribution in [3.63, 3.8) is 0 Å². The van der Waals surface area contributed by atoms with E-state index >= 15 is 0 Å². The van der Waals surface area contributed by atoms with Crippen LogP contribution in [0, 0.1) is 21.4 Å². The van der Waals surface area contributed by atoms with Gasteiger partial charge in [-0.1, -0.05) is 6.07 Å². The van der Waals surface area contributed by atoms with E-state index < -0.39 is 4.92 Å². The number of rotatable bonds is 6.